The minimum Gasteiger partial charge on any atom is -0.311 e. The lowest BCUT2D eigenvalue weighted by atomic mass is 9.90. The van der Waals surface area contributed by atoms with E-state index in [1.54, 1.807) is 0 Å². The summed E-state index contributed by atoms with van der Waals surface area (Å²) in [6.45, 7) is 8.37. The normalized spacial score (nSPS) is 21.9. The zero-order valence-corrected chi connectivity index (χ0v) is 17.1. The molecule has 1 unspecified atom stereocenters. The van der Waals surface area contributed by atoms with Crippen molar-refractivity contribution >= 4 is 0 Å². The van der Waals surface area contributed by atoms with Crippen molar-refractivity contribution in [3.8, 4) is 0 Å². The van der Waals surface area contributed by atoms with E-state index in [0.29, 0.717) is 6.04 Å². The molecule has 3 heteroatoms. The summed E-state index contributed by atoms with van der Waals surface area (Å²) in [7, 11) is 0. The third-order valence-electron chi connectivity index (χ3n) is 6.46. The number of hydrogen-bond donors (Lipinski definition) is 1. The average Bonchev–Trinajstić information content (AvgIpc) is 3.18. The summed E-state index contributed by atoms with van der Waals surface area (Å²) >= 11 is 0. The number of benzene rings is 2. The van der Waals surface area contributed by atoms with Gasteiger partial charge in [0.05, 0.1) is 0 Å². The molecule has 0 spiro atoms. The first-order chi connectivity index (χ1) is 13.8. The highest BCUT2D eigenvalue weighted by Crippen LogP contribution is 2.21. The second kappa shape index (κ2) is 10.2. The molecule has 2 saturated heterocycles. The molecule has 0 radical (unpaired) electrons. The smallest absolute Gasteiger partial charge is 0.0234 e. The van der Waals surface area contributed by atoms with Crippen LogP contribution in [0.2, 0.25) is 0 Å². The van der Waals surface area contributed by atoms with Gasteiger partial charge in [-0.1, -0.05) is 60.7 Å². The van der Waals surface area contributed by atoms with Crippen molar-refractivity contribution in [3.05, 3.63) is 71.8 Å². The van der Waals surface area contributed by atoms with Gasteiger partial charge in [0.1, 0.15) is 0 Å². The third kappa shape index (κ3) is 5.91. The predicted octanol–water partition coefficient (Wildman–Crippen LogP) is 3.81. The number of nitrogens with zero attached hydrogens (tertiary/aromatic N) is 2. The van der Waals surface area contributed by atoms with Gasteiger partial charge in [-0.05, 0) is 55.8 Å². The molecular weight excluding hydrogens is 342 g/mol. The summed E-state index contributed by atoms with van der Waals surface area (Å²) in [6, 6.07) is 22.5. The van der Waals surface area contributed by atoms with Crippen LogP contribution in [0.4, 0.5) is 0 Å². The third-order valence-corrected chi connectivity index (χ3v) is 6.46. The maximum absolute atomic E-state index is 3.81. The van der Waals surface area contributed by atoms with Gasteiger partial charge in [-0.2, -0.15) is 0 Å². The van der Waals surface area contributed by atoms with E-state index in [9.17, 15) is 0 Å². The molecule has 2 fully saturated rings. The van der Waals surface area contributed by atoms with Crippen molar-refractivity contribution in [3.63, 3.8) is 0 Å². The van der Waals surface area contributed by atoms with Crippen molar-refractivity contribution in [1.29, 1.82) is 0 Å². The van der Waals surface area contributed by atoms with E-state index < -0.39 is 0 Å². The zero-order valence-electron chi connectivity index (χ0n) is 17.1. The second-order valence-corrected chi connectivity index (χ2v) is 8.64. The van der Waals surface area contributed by atoms with Gasteiger partial charge in [-0.25, -0.2) is 0 Å². The van der Waals surface area contributed by atoms with Crippen molar-refractivity contribution < 1.29 is 0 Å². The molecule has 150 valence electrons. The Labute approximate surface area is 170 Å². The second-order valence-electron chi connectivity index (χ2n) is 8.64. The molecule has 4 rings (SSSR count). The van der Waals surface area contributed by atoms with Crippen LogP contribution < -0.4 is 5.32 Å². The van der Waals surface area contributed by atoms with Crippen LogP contribution in [0, 0.1) is 5.92 Å². The number of likely N-dealkylation sites (tertiary alicyclic amines) is 2. The first-order valence-electron chi connectivity index (χ1n) is 11.1. The number of piperidine rings is 1. The van der Waals surface area contributed by atoms with Gasteiger partial charge in [0.2, 0.25) is 0 Å². The molecule has 0 aliphatic carbocycles. The quantitative estimate of drug-likeness (QED) is 0.755. The fraction of sp³-hybridized carbons (Fsp3) is 0.520. The Kier molecular flexibility index (Phi) is 7.15. The van der Waals surface area contributed by atoms with Gasteiger partial charge in [-0.3, -0.25) is 4.90 Å². The van der Waals surface area contributed by atoms with Gasteiger partial charge in [0, 0.05) is 38.8 Å². The minimum absolute atomic E-state index is 0.666. The van der Waals surface area contributed by atoms with Crippen LogP contribution in [-0.4, -0.2) is 55.1 Å². The van der Waals surface area contributed by atoms with E-state index in [1.165, 1.54) is 69.5 Å². The lowest BCUT2D eigenvalue weighted by Gasteiger charge is -2.32. The van der Waals surface area contributed by atoms with Crippen LogP contribution in [0.25, 0.3) is 0 Å². The molecule has 0 aromatic heterocycles. The van der Waals surface area contributed by atoms with Crippen molar-refractivity contribution in [2.45, 2.75) is 38.3 Å². The van der Waals surface area contributed by atoms with Crippen LogP contribution >= 0.6 is 0 Å². The van der Waals surface area contributed by atoms with Crippen LogP contribution in [0.15, 0.2) is 60.7 Å². The Morgan fingerprint density at radius 1 is 0.750 bits per heavy atom. The van der Waals surface area contributed by atoms with Gasteiger partial charge in [0.15, 0.2) is 0 Å². The molecule has 2 heterocycles. The fourth-order valence-corrected chi connectivity index (χ4v) is 4.77. The highest BCUT2D eigenvalue weighted by Gasteiger charge is 2.23. The van der Waals surface area contributed by atoms with Gasteiger partial charge >= 0.3 is 0 Å². The summed E-state index contributed by atoms with van der Waals surface area (Å²) in [5, 5.41) is 3.81. The predicted molar refractivity (Wildman–Crippen MR) is 117 cm³/mol. The van der Waals surface area contributed by atoms with E-state index in [2.05, 4.69) is 75.8 Å². The number of nitrogens with one attached hydrogen (secondary N) is 1. The summed E-state index contributed by atoms with van der Waals surface area (Å²) < 4.78 is 0. The summed E-state index contributed by atoms with van der Waals surface area (Å²) in [6.07, 6.45) is 5.24. The first kappa shape index (κ1) is 19.6. The van der Waals surface area contributed by atoms with Gasteiger partial charge < -0.3 is 10.2 Å². The molecule has 2 aromatic carbocycles. The van der Waals surface area contributed by atoms with Crippen LogP contribution in [0.3, 0.4) is 0 Å². The van der Waals surface area contributed by atoms with Crippen LogP contribution in [0.5, 0.6) is 0 Å². The standard InChI is InChI=1S/C25H35N3/c1-3-7-22(8-4-1)19-23-11-15-27(16-12-23)18-14-26-25-13-17-28(21-25)20-24-9-5-2-6-10-24/h1-10,23,25-26H,11-21H2. The largest absolute Gasteiger partial charge is 0.311 e. The Hall–Kier alpha value is -1.68. The Balaban J connectivity index is 1.09. The minimum atomic E-state index is 0.666. The first-order valence-corrected chi connectivity index (χ1v) is 11.1. The lowest BCUT2D eigenvalue weighted by molar-refractivity contribution is 0.182. The Bertz CT molecular complexity index is 679. The maximum atomic E-state index is 3.81. The Morgan fingerprint density at radius 2 is 1.39 bits per heavy atom. The summed E-state index contributed by atoms with van der Waals surface area (Å²) in [4.78, 5) is 5.24. The lowest BCUT2D eigenvalue weighted by Crippen LogP contribution is -2.41. The number of rotatable bonds is 8. The highest BCUT2D eigenvalue weighted by atomic mass is 15.2. The molecule has 2 aliphatic rings. The van der Waals surface area contributed by atoms with Crippen molar-refractivity contribution in [2.75, 3.05) is 39.3 Å². The molecule has 0 amide bonds. The molecule has 2 aliphatic heterocycles. The molecule has 28 heavy (non-hydrogen) atoms. The SMILES string of the molecule is c1ccc(CC2CCN(CCNC3CCN(Cc4ccccc4)C3)CC2)cc1. The topological polar surface area (TPSA) is 18.5 Å². The van der Waals surface area contributed by atoms with Gasteiger partial charge in [0.25, 0.3) is 0 Å². The molecule has 1 atom stereocenters. The van der Waals surface area contributed by atoms with E-state index in [1.807, 2.05) is 0 Å². The average molecular weight is 378 g/mol. The van der Waals surface area contributed by atoms with Crippen LogP contribution in [0.1, 0.15) is 30.4 Å². The molecule has 3 nitrogen and oxygen atoms in total. The summed E-state index contributed by atoms with van der Waals surface area (Å²) in [5.41, 5.74) is 2.94. The molecule has 0 bridgehead atoms. The van der Waals surface area contributed by atoms with E-state index in [-0.39, 0.29) is 0 Å². The Morgan fingerprint density at radius 3 is 2.11 bits per heavy atom. The maximum Gasteiger partial charge on any atom is 0.0234 e. The molecular formula is C25H35N3. The molecule has 1 N–H and O–H groups in total. The van der Waals surface area contributed by atoms with E-state index in [0.717, 1.165) is 19.0 Å². The van der Waals surface area contributed by atoms with Crippen molar-refractivity contribution in [1.82, 2.24) is 15.1 Å². The number of hydrogen-bond acceptors (Lipinski definition) is 3. The zero-order chi connectivity index (χ0) is 19.0. The monoisotopic (exact) mass is 377 g/mol. The summed E-state index contributed by atoms with van der Waals surface area (Å²) in [5.74, 6) is 0.869. The molecule has 2 aromatic rings. The van der Waals surface area contributed by atoms with Crippen LogP contribution in [-0.2, 0) is 13.0 Å². The van der Waals surface area contributed by atoms with E-state index in [4.69, 9.17) is 0 Å². The van der Waals surface area contributed by atoms with Gasteiger partial charge in [-0.15, -0.1) is 0 Å². The highest BCUT2D eigenvalue weighted by molar-refractivity contribution is 5.16. The fourth-order valence-electron chi connectivity index (χ4n) is 4.77. The molecule has 0 saturated carbocycles. The van der Waals surface area contributed by atoms with E-state index >= 15 is 0 Å². The van der Waals surface area contributed by atoms with Crippen molar-refractivity contribution in [2.24, 2.45) is 5.92 Å².